The monoisotopic (exact) mass is 234 g/mol. The number of rotatable bonds is 3. The topological polar surface area (TPSA) is 52.0 Å². The molecule has 1 aromatic carbocycles. The Morgan fingerprint density at radius 3 is 2.44 bits per heavy atom. The normalized spacial score (nSPS) is 10.7. The van der Waals surface area contributed by atoms with E-state index < -0.39 is 0 Å². The minimum atomic E-state index is 0.572. The number of hydrogen-bond donors (Lipinski definition) is 1. The van der Waals surface area contributed by atoms with Crippen LogP contribution in [0.4, 0.5) is 0 Å². The SMILES string of the molecule is Cc1nc(Sc2ccc(CN)cc2)oc1C. The van der Waals surface area contributed by atoms with Crippen molar-refractivity contribution in [3.05, 3.63) is 41.3 Å². The quantitative estimate of drug-likeness (QED) is 0.887. The number of benzene rings is 1. The Hall–Kier alpha value is -1.26. The Kier molecular flexibility index (Phi) is 3.31. The summed E-state index contributed by atoms with van der Waals surface area (Å²) in [6.07, 6.45) is 0. The average molecular weight is 234 g/mol. The van der Waals surface area contributed by atoms with Gasteiger partial charge in [-0.05, 0) is 43.3 Å². The van der Waals surface area contributed by atoms with Crippen LogP contribution >= 0.6 is 11.8 Å². The lowest BCUT2D eigenvalue weighted by molar-refractivity contribution is 0.431. The fraction of sp³-hybridized carbons (Fsp3) is 0.250. The van der Waals surface area contributed by atoms with E-state index in [0.717, 1.165) is 21.9 Å². The van der Waals surface area contributed by atoms with Crippen molar-refractivity contribution in [1.29, 1.82) is 0 Å². The fourth-order valence-electron chi connectivity index (χ4n) is 1.28. The Labute approximate surface area is 99.1 Å². The molecular formula is C12H14N2OS. The van der Waals surface area contributed by atoms with Gasteiger partial charge in [0.1, 0.15) is 5.76 Å². The standard InChI is InChI=1S/C12H14N2OS/c1-8-9(2)15-12(14-8)16-11-5-3-10(7-13)4-6-11/h3-6H,7,13H2,1-2H3. The van der Waals surface area contributed by atoms with E-state index in [-0.39, 0.29) is 0 Å². The Morgan fingerprint density at radius 1 is 1.25 bits per heavy atom. The molecule has 1 aromatic heterocycles. The minimum absolute atomic E-state index is 0.572. The van der Waals surface area contributed by atoms with E-state index in [4.69, 9.17) is 10.2 Å². The first-order chi connectivity index (χ1) is 7.69. The zero-order valence-corrected chi connectivity index (χ0v) is 10.2. The molecule has 0 bridgehead atoms. The van der Waals surface area contributed by atoms with Gasteiger partial charge in [0.2, 0.25) is 0 Å². The van der Waals surface area contributed by atoms with Crippen molar-refractivity contribution >= 4 is 11.8 Å². The molecule has 0 aliphatic rings. The van der Waals surface area contributed by atoms with Gasteiger partial charge in [-0.25, -0.2) is 4.98 Å². The second-order valence-corrected chi connectivity index (χ2v) is 4.60. The van der Waals surface area contributed by atoms with Crippen LogP contribution in [0.25, 0.3) is 0 Å². The van der Waals surface area contributed by atoms with Crippen molar-refractivity contribution in [3.63, 3.8) is 0 Å². The molecule has 0 radical (unpaired) electrons. The van der Waals surface area contributed by atoms with Gasteiger partial charge in [0, 0.05) is 11.4 Å². The van der Waals surface area contributed by atoms with E-state index in [1.807, 2.05) is 38.1 Å². The van der Waals surface area contributed by atoms with Gasteiger partial charge in [0.05, 0.1) is 5.69 Å². The molecule has 1 heterocycles. The highest BCUT2D eigenvalue weighted by Crippen LogP contribution is 2.28. The second-order valence-electron chi connectivity index (χ2n) is 3.57. The molecule has 4 heteroatoms. The molecule has 0 saturated heterocycles. The summed E-state index contributed by atoms with van der Waals surface area (Å²) in [5.41, 5.74) is 7.61. The summed E-state index contributed by atoms with van der Waals surface area (Å²) in [6, 6.07) is 8.10. The van der Waals surface area contributed by atoms with E-state index in [1.165, 1.54) is 11.8 Å². The van der Waals surface area contributed by atoms with Gasteiger partial charge in [-0.2, -0.15) is 0 Å². The van der Waals surface area contributed by atoms with E-state index in [1.54, 1.807) is 0 Å². The van der Waals surface area contributed by atoms with Crippen LogP contribution in [0.2, 0.25) is 0 Å². The predicted molar refractivity (Wildman–Crippen MR) is 64.4 cm³/mol. The van der Waals surface area contributed by atoms with Gasteiger partial charge in [-0.15, -0.1) is 0 Å². The smallest absolute Gasteiger partial charge is 0.260 e. The number of nitrogens with two attached hydrogens (primary N) is 1. The van der Waals surface area contributed by atoms with Crippen LogP contribution in [0.5, 0.6) is 0 Å². The molecule has 2 rings (SSSR count). The van der Waals surface area contributed by atoms with Crippen molar-refractivity contribution < 1.29 is 4.42 Å². The lowest BCUT2D eigenvalue weighted by Crippen LogP contribution is -1.94. The lowest BCUT2D eigenvalue weighted by Gasteiger charge is -1.99. The molecular weight excluding hydrogens is 220 g/mol. The maximum Gasteiger partial charge on any atom is 0.260 e. The van der Waals surface area contributed by atoms with E-state index in [2.05, 4.69) is 4.98 Å². The highest BCUT2D eigenvalue weighted by molar-refractivity contribution is 7.99. The zero-order chi connectivity index (χ0) is 11.5. The van der Waals surface area contributed by atoms with Crippen LogP contribution in [0.3, 0.4) is 0 Å². The molecule has 0 atom stereocenters. The summed E-state index contributed by atoms with van der Waals surface area (Å²) in [4.78, 5) is 5.43. The summed E-state index contributed by atoms with van der Waals surface area (Å²) < 4.78 is 5.50. The molecule has 0 amide bonds. The van der Waals surface area contributed by atoms with Crippen molar-refractivity contribution in [2.24, 2.45) is 5.73 Å². The Bertz CT molecular complexity index is 457. The largest absolute Gasteiger partial charge is 0.436 e. The first-order valence-electron chi connectivity index (χ1n) is 5.10. The third-order valence-corrected chi connectivity index (χ3v) is 3.23. The summed E-state index contributed by atoms with van der Waals surface area (Å²) in [7, 11) is 0. The molecule has 3 nitrogen and oxygen atoms in total. The maximum absolute atomic E-state index is 5.54. The number of aryl methyl sites for hydroxylation is 2. The summed E-state index contributed by atoms with van der Waals surface area (Å²) >= 11 is 1.52. The number of oxazole rings is 1. The Morgan fingerprint density at radius 2 is 1.94 bits per heavy atom. The van der Waals surface area contributed by atoms with E-state index >= 15 is 0 Å². The van der Waals surface area contributed by atoms with Gasteiger partial charge in [0.15, 0.2) is 0 Å². The third-order valence-electron chi connectivity index (χ3n) is 2.37. The Balaban J connectivity index is 2.14. The molecule has 0 unspecified atom stereocenters. The van der Waals surface area contributed by atoms with E-state index in [9.17, 15) is 0 Å². The maximum atomic E-state index is 5.54. The van der Waals surface area contributed by atoms with Crippen molar-refractivity contribution in [3.8, 4) is 0 Å². The first kappa shape index (κ1) is 11.2. The van der Waals surface area contributed by atoms with Crippen LogP contribution in [0.1, 0.15) is 17.0 Å². The molecule has 0 saturated carbocycles. The number of aromatic nitrogens is 1. The van der Waals surface area contributed by atoms with Gasteiger partial charge >= 0.3 is 0 Å². The molecule has 0 aliphatic heterocycles. The van der Waals surface area contributed by atoms with Gasteiger partial charge in [-0.1, -0.05) is 12.1 Å². The number of hydrogen-bond acceptors (Lipinski definition) is 4. The molecule has 84 valence electrons. The molecule has 0 fully saturated rings. The molecule has 0 spiro atoms. The van der Waals surface area contributed by atoms with Crippen LogP contribution in [-0.2, 0) is 6.54 Å². The van der Waals surface area contributed by atoms with Crippen molar-refractivity contribution in [1.82, 2.24) is 4.98 Å². The lowest BCUT2D eigenvalue weighted by atomic mass is 10.2. The van der Waals surface area contributed by atoms with Crippen LogP contribution < -0.4 is 5.73 Å². The molecule has 2 aromatic rings. The summed E-state index contributed by atoms with van der Waals surface area (Å²) in [6.45, 7) is 4.44. The zero-order valence-electron chi connectivity index (χ0n) is 9.36. The van der Waals surface area contributed by atoms with Crippen LogP contribution in [-0.4, -0.2) is 4.98 Å². The summed E-state index contributed by atoms with van der Waals surface area (Å²) in [5.74, 6) is 0.876. The highest BCUT2D eigenvalue weighted by atomic mass is 32.2. The first-order valence-corrected chi connectivity index (χ1v) is 5.91. The third kappa shape index (κ3) is 2.46. The molecule has 0 aliphatic carbocycles. The number of nitrogens with zero attached hydrogens (tertiary/aromatic N) is 1. The summed E-state index contributed by atoms with van der Waals surface area (Å²) in [5, 5.41) is 0.690. The highest BCUT2D eigenvalue weighted by Gasteiger charge is 2.06. The molecule has 16 heavy (non-hydrogen) atoms. The van der Waals surface area contributed by atoms with Crippen molar-refractivity contribution in [2.75, 3.05) is 0 Å². The fourth-order valence-corrected chi connectivity index (χ4v) is 2.10. The molecule has 2 N–H and O–H groups in total. The van der Waals surface area contributed by atoms with Gasteiger partial charge < -0.3 is 10.2 Å². The van der Waals surface area contributed by atoms with Gasteiger partial charge in [0.25, 0.3) is 5.22 Å². The minimum Gasteiger partial charge on any atom is -0.436 e. The van der Waals surface area contributed by atoms with E-state index in [0.29, 0.717) is 11.8 Å². The average Bonchev–Trinajstić information content (AvgIpc) is 2.59. The van der Waals surface area contributed by atoms with Crippen LogP contribution in [0, 0.1) is 13.8 Å². The van der Waals surface area contributed by atoms with Gasteiger partial charge in [-0.3, -0.25) is 0 Å². The second kappa shape index (κ2) is 4.72. The van der Waals surface area contributed by atoms with Crippen molar-refractivity contribution in [2.45, 2.75) is 30.5 Å². The predicted octanol–water partition coefficient (Wildman–Crippen LogP) is 2.90. The van der Waals surface area contributed by atoms with Crippen LogP contribution in [0.15, 0.2) is 38.8 Å².